The highest BCUT2D eigenvalue weighted by Gasteiger charge is 1.98. The molecule has 0 heterocycles. The van der Waals surface area contributed by atoms with Crippen molar-refractivity contribution in [3.8, 4) is 0 Å². The van der Waals surface area contributed by atoms with E-state index in [1.165, 1.54) is 10.5 Å². The molecular weight excluding hydrogens is 257 g/mol. The zero-order chi connectivity index (χ0) is 14.7. The molecule has 1 N–H and O–H groups in total. The van der Waals surface area contributed by atoms with E-state index in [-0.39, 0.29) is 5.83 Å². The first-order valence-corrected chi connectivity index (χ1v) is 7.60. The van der Waals surface area contributed by atoms with Gasteiger partial charge in [0.25, 0.3) is 0 Å². The molecule has 0 aliphatic carbocycles. The second kappa shape index (κ2) is 11.1. The maximum atomic E-state index is 13.2. The Balaban J connectivity index is 4.34. The number of hydrogen-bond acceptors (Lipinski definition) is 2. The third-order valence-corrected chi connectivity index (χ3v) is 3.46. The SMILES string of the molecule is C/C=C(\C=C(\F)CC)CNS/C(=C/C=C(C)C)CC. The molecule has 0 spiro atoms. The summed E-state index contributed by atoms with van der Waals surface area (Å²) in [4.78, 5) is 1.27. The maximum absolute atomic E-state index is 13.2. The van der Waals surface area contributed by atoms with Crippen LogP contribution in [0.2, 0.25) is 0 Å². The number of nitrogens with one attached hydrogen (secondary N) is 1. The lowest BCUT2D eigenvalue weighted by Gasteiger charge is -2.07. The summed E-state index contributed by atoms with van der Waals surface area (Å²) in [6, 6.07) is 0. The van der Waals surface area contributed by atoms with E-state index in [2.05, 4.69) is 37.6 Å². The van der Waals surface area contributed by atoms with E-state index in [0.717, 1.165) is 12.0 Å². The first-order valence-electron chi connectivity index (χ1n) is 6.78. The molecule has 0 rings (SSSR count). The Morgan fingerprint density at radius 1 is 1.16 bits per heavy atom. The zero-order valence-corrected chi connectivity index (χ0v) is 13.5. The van der Waals surface area contributed by atoms with Gasteiger partial charge in [-0.05, 0) is 57.2 Å². The van der Waals surface area contributed by atoms with E-state index in [9.17, 15) is 4.39 Å². The summed E-state index contributed by atoms with van der Waals surface area (Å²) in [5.41, 5.74) is 2.26. The second-order valence-electron chi connectivity index (χ2n) is 4.46. The van der Waals surface area contributed by atoms with Gasteiger partial charge in [-0.2, -0.15) is 0 Å². The van der Waals surface area contributed by atoms with Crippen LogP contribution in [0.5, 0.6) is 0 Å². The molecule has 3 heteroatoms. The highest BCUT2D eigenvalue weighted by atomic mass is 32.2. The molecular formula is C16H26FNS. The van der Waals surface area contributed by atoms with Gasteiger partial charge in [-0.1, -0.05) is 37.6 Å². The summed E-state index contributed by atoms with van der Waals surface area (Å²) in [5.74, 6) is -0.0734. The number of hydrogen-bond donors (Lipinski definition) is 1. The number of rotatable bonds is 8. The van der Waals surface area contributed by atoms with Gasteiger partial charge in [-0.3, -0.25) is 4.72 Å². The van der Waals surface area contributed by atoms with Gasteiger partial charge >= 0.3 is 0 Å². The van der Waals surface area contributed by atoms with Crippen LogP contribution in [0.4, 0.5) is 4.39 Å². The van der Waals surface area contributed by atoms with Gasteiger partial charge in [0, 0.05) is 11.4 Å². The van der Waals surface area contributed by atoms with E-state index in [4.69, 9.17) is 0 Å². The molecule has 1 nitrogen and oxygen atoms in total. The Morgan fingerprint density at radius 3 is 2.32 bits per heavy atom. The monoisotopic (exact) mass is 283 g/mol. The van der Waals surface area contributed by atoms with Gasteiger partial charge in [0.15, 0.2) is 0 Å². The molecule has 0 aromatic carbocycles. The fraction of sp³-hybridized carbons (Fsp3) is 0.500. The largest absolute Gasteiger partial charge is 0.256 e. The number of allylic oxidation sites excluding steroid dienone is 6. The topological polar surface area (TPSA) is 12.0 Å². The van der Waals surface area contributed by atoms with Gasteiger partial charge in [-0.25, -0.2) is 4.39 Å². The van der Waals surface area contributed by atoms with Gasteiger partial charge < -0.3 is 0 Å². The van der Waals surface area contributed by atoms with Crippen molar-refractivity contribution in [2.45, 2.75) is 47.5 Å². The molecule has 0 fully saturated rings. The van der Waals surface area contributed by atoms with Crippen LogP contribution in [-0.4, -0.2) is 6.54 Å². The molecule has 0 aromatic heterocycles. The Labute approximate surface area is 121 Å². The van der Waals surface area contributed by atoms with Crippen molar-refractivity contribution in [3.05, 3.63) is 46.2 Å². The summed E-state index contributed by atoms with van der Waals surface area (Å²) < 4.78 is 16.5. The quantitative estimate of drug-likeness (QED) is 0.453. The van der Waals surface area contributed by atoms with Crippen molar-refractivity contribution >= 4 is 11.9 Å². The summed E-state index contributed by atoms with van der Waals surface area (Å²) in [7, 11) is 0. The summed E-state index contributed by atoms with van der Waals surface area (Å²) >= 11 is 1.62. The average molecular weight is 283 g/mol. The molecule has 0 unspecified atom stereocenters. The van der Waals surface area contributed by atoms with Crippen LogP contribution in [0.1, 0.15) is 47.5 Å². The molecule has 0 aliphatic rings. The minimum atomic E-state index is -0.0734. The van der Waals surface area contributed by atoms with E-state index >= 15 is 0 Å². The van der Waals surface area contributed by atoms with Crippen LogP contribution in [0.25, 0.3) is 0 Å². The first-order chi connectivity index (χ1) is 9.03. The lowest BCUT2D eigenvalue weighted by atomic mass is 10.2. The summed E-state index contributed by atoms with van der Waals surface area (Å²) in [6.07, 6.45) is 9.23. The highest BCUT2D eigenvalue weighted by molar-refractivity contribution is 8.01. The van der Waals surface area contributed by atoms with Gasteiger partial charge in [0.2, 0.25) is 0 Å². The lowest BCUT2D eigenvalue weighted by Crippen LogP contribution is -2.07. The van der Waals surface area contributed by atoms with Crippen LogP contribution in [0.3, 0.4) is 0 Å². The lowest BCUT2D eigenvalue weighted by molar-refractivity contribution is 0.603. The van der Waals surface area contributed by atoms with E-state index in [1.807, 2.05) is 19.9 Å². The predicted molar refractivity (Wildman–Crippen MR) is 86.6 cm³/mol. The normalized spacial score (nSPS) is 13.7. The zero-order valence-electron chi connectivity index (χ0n) is 12.7. The van der Waals surface area contributed by atoms with Gasteiger partial charge in [0.1, 0.15) is 0 Å². The highest BCUT2D eigenvalue weighted by Crippen LogP contribution is 2.17. The van der Waals surface area contributed by atoms with Gasteiger partial charge in [-0.15, -0.1) is 0 Å². The molecule has 108 valence electrons. The molecule has 0 saturated heterocycles. The fourth-order valence-corrected chi connectivity index (χ4v) is 1.94. The van der Waals surface area contributed by atoms with Crippen LogP contribution in [0.15, 0.2) is 46.2 Å². The second-order valence-corrected chi connectivity index (χ2v) is 5.48. The Kier molecular flexibility index (Phi) is 10.6. The fourth-order valence-electron chi connectivity index (χ4n) is 1.24. The van der Waals surface area contributed by atoms with E-state index < -0.39 is 0 Å². The molecule has 0 radical (unpaired) electrons. The average Bonchev–Trinajstić information content (AvgIpc) is 2.40. The molecule has 0 saturated carbocycles. The summed E-state index contributed by atoms with van der Waals surface area (Å²) in [5, 5.41) is 0. The Morgan fingerprint density at radius 2 is 1.84 bits per heavy atom. The molecule has 0 aliphatic heterocycles. The van der Waals surface area contributed by atoms with E-state index in [0.29, 0.717) is 13.0 Å². The minimum absolute atomic E-state index is 0.0734. The van der Waals surface area contributed by atoms with Crippen molar-refractivity contribution in [1.82, 2.24) is 4.72 Å². The third-order valence-electron chi connectivity index (χ3n) is 2.48. The van der Waals surface area contributed by atoms with Crippen LogP contribution in [0, 0.1) is 0 Å². The Bertz CT molecular complexity index is 374. The Hall–Kier alpha value is -0.800. The van der Waals surface area contributed by atoms with Crippen LogP contribution in [-0.2, 0) is 0 Å². The van der Waals surface area contributed by atoms with Gasteiger partial charge in [0.05, 0.1) is 5.83 Å². The molecule has 0 aromatic rings. The van der Waals surface area contributed by atoms with Crippen molar-refractivity contribution < 1.29 is 4.39 Å². The molecule has 19 heavy (non-hydrogen) atoms. The van der Waals surface area contributed by atoms with Crippen LogP contribution >= 0.6 is 11.9 Å². The number of halogens is 1. The maximum Gasteiger partial charge on any atom is 0.0999 e. The van der Waals surface area contributed by atoms with Crippen molar-refractivity contribution in [2.75, 3.05) is 6.54 Å². The smallest absolute Gasteiger partial charge is 0.0999 e. The van der Waals surface area contributed by atoms with E-state index in [1.54, 1.807) is 18.0 Å². The minimum Gasteiger partial charge on any atom is -0.256 e. The third kappa shape index (κ3) is 9.74. The molecule has 0 bridgehead atoms. The van der Waals surface area contributed by atoms with Crippen molar-refractivity contribution in [3.63, 3.8) is 0 Å². The van der Waals surface area contributed by atoms with Crippen LogP contribution < -0.4 is 4.72 Å². The predicted octanol–water partition coefficient (Wildman–Crippen LogP) is 5.69. The standard InChI is InChI=1S/C16H26FNS/c1-6-14(11-15(17)7-2)12-18-19-16(8-3)10-9-13(4)5/h6,9-11,18H,7-8,12H2,1-5H3/b14-6+,15-11+,16-10+. The molecule has 0 amide bonds. The summed E-state index contributed by atoms with van der Waals surface area (Å²) in [6.45, 7) is 10.7. The molecule has 0 atom stereocenters. The van der Waals surface area contributed by atoms with Crippen molar-refractivity contribution in [1.29, 1.82) is 0 Å². The van der Waals surface area contributed by atoms with Crippen molar-refractivity contribution in [2.24, 2.45) is 0 Å². The first kappa shape index (κ1) is 18.2.